The number of methoxy groups -OCH3 is 1. The Bertz CT molecular complexity index is 967. The zero-order valence-electron chi connectivity index (χ0n) is 12.8. The highest BCUT2D eigenvalue weighted by Crippen LogP contribution is 2.27. The molecule has 4 rings (SSSR count). The highest BCUT2D eigenvalue weighted by atomic mass is 16.5. The van der Waals surface area contributed by atoms with Gasteiger partial charge in [-0.05, 0) is 36.4 Å². The minimum Gasteiger partial charge on any atom is -0.497 e. The number of rotatable bonds is 4. The molecule has 0 radical (unpaired) electrons. The third kappa shape index (κ3) is 2.17. The number of benzene rings is 2. The summed E-state index contributed by atoms with van der Waals surface area (Å²) in [5, 5.41) is 9.45. The SMILES string of the molecule is COc1ccc(-c2cn3c4ccccc4nc3n2CCO)cc1. The number of aliphatic hydroxyl groups is 1. The van der Waals surface area contributed by atoms with E-state index in [1.54, 1.807) is 7.11 Å². The largest absolute Gasteiger partial charge is 0.497 e. The summed E-state index contributed by atoms with van der Waals surface area (Å²) in [4.78, 5) is 4.70. The maximum Gasteiger partial charge on any atom is 0.215 e. The summed E-state index contributed by atoms with van der Waals surface area (Å²) in [6, 6.07) is 15.9. The van der Waals surface area contributed by atoms with Crippen LogP contribution in [-0.4, -0.2) is 32.8 Å². The molecule has 2 aromatic carbocycles. The first-order valence-electron chi connectivity index (χ1n) is 7.53. The minimum atomic E-state index is 0.0662. The normalized spacial score (nSPS) is 11.4. The fourth-order valence-electron chi connectivity index (χ4n) is 2.96. The van der Waals surface area contributed by atoms with Crippen molar-refractivity contribution in [2.75, 3.05) is 13.7 Å². The summed E-state index contributed by atoms with van der Waals surface area (Å²) < 4.78 is 9.34. The van der Waals surface area contributed by atoms with Gasteiger partial charge in [0.1, 0.15) is 5.75 Å². The molecule has 0 bridgehead atoms. The van der Waals surface area contributed by atoms with E-state index in [0.717, 1.165) is 33.8 Å². The van der Waals surface area contributed by atoms with Gasteiger partial charge in [0, 0.05) is 18.3 Å². The van der Waals surface area contributed by atoms with E-state index in [4.69, 9.17) is 9.72 Å². The zero-order valence-corrected chi connectivity index (χ0v) is 12.8. The predicted octanol–water partition coefficient (Wildman–Crippen LogP) is 2.96. The second-order valence-electron chi connectivity index (χ2n) is 5.39. The molecule has 0 atom stereocenters. The minimum absolute atomic E-state index is 0.0662. The summed E-state index contributed by atoms with van der Waals surface area (Å²) >= 11 is 0. The van der Waals surface area contributed by atoms with Crippen LogP contribution in [0.15, 0.2) is 54.7 Å². The van der Waals surface area contributed by atoms with Crippen LogP contribution in [0.5, 0.6) is 5.75 Å². The first kappa shape index (κ1) is 13.8. The van der Waals surface area contributed by atoms with Crippen molar-refractivity contribution in [2.45, 2.75) is 6.54 Å². The molecule has 0 aliphatic rings. The molecule has 0 aliphatic heterocycles. The van der Waals surface area contributed by atoms with Crippen LogP contribution in [0, 0.1) is 0 Å². The van der Waals surface area contributed by atoms with Crippen molar-refractivity contribution < 1.29 is 9.84 Å². The maximum absolute atomic E-state index is 9.45. The van der Waals surface area contributed by atoms with E-state index >= 15 is 0 Å². The summed E-state index contributed by atoms with van der Waals surface area (Å²) in [5.41, 5.74) is 4.10. The molecule has 0 amide bonds. The van der Waals surface area contributed by atoms with Crippen molar-refractivity contribution in [3.63, 3.8) is 0 Å². The van der Waals surface area contributed by atoms with Gasteiger partial charge in [-0.2, -0.15) is 0 Å². The van der Waals surface area contributed by atoms with Crippen LogP contribution < -0.4 is 4.74 Å². The topological polar surface area (TPSA) is 51.7 Å². The number of imidazole rings is 2. The van der Waals surface area contributed by atoms with Gasteiger partial charge in [-0.3, -0.25) is 4.40 Å². The van der Waals surface area contributed by atoms with E-state index in [9.17, 15) is 5.11 Å². The Kier molecular flexibility index (Phi) is 3.28. The van der Waals surface area contributed by atoms with Crippen molar-refractivity contribution in [3.05, 3.63) is 54.7 Å². The van der Waals surface area contributed by atoms with Gasteiger partial charge in [0.05, 0.1) is 30.4 Å². The average molecular weight is 307 g/mol. The molecule has 0 spiro atoms. The lowest BCUT2D eigenvalue weighted by molar-refractivity contribution is 0.278. The van der Waals surface area contributed by atoms with Gasteiger partial charge in [0.2, 0.25) is 5.78 Å². The average Bonchev–Trinajstić information content (AvgIpc) is 3.12. The molecule has 116 valence electrons. The highest BCUT2D eigenvalue weighted by molar-refractivity contribution is 5.81. The van der Waals surface area contributed by atoms with E-state index in [-0.39, 0.29) is 6.61 Å². The molecule has 4 aromatic rings. The Labute approximate surface area is 133 Å². The Morgan fingerprint density at radius 2 is 1.87 bits per heavy atom. The van der Waals surface area contributed by atoms with Gasteiger partial charge in [0.15, 0.2) is 0 Å². The summed E-state index contributed by atoms with van der Waals surface area (Å²) in [7, 11) is 1.66. The smallest absolute Gasteiger partial charge is 0.215 e. The van der Waals surface area contributed by atoms with E-state index in [1.165, 1.54) is 0 Å². The van der Waals surface area contributed by atoms with Crippen molar-refractivity contribution in [2.24, 2.45) is 0 Å². The standard InChI is InChI=1S/C18H17N3O2/c1-23-14-8-6-13(7-9-14)17-12-21-16-5-3-2-4-15(16)19-18(21)20(17)10-11-22/h2-9,12,22H,10-11H2,1H3. The van der Waals surface area contributed by atoms with Crippen LogP contribution in [0.1, 0.15) is 0 Å². The molecule has 0 aliphatic carbocycles. The third-order valence-corrected chi connectivity index (χ3v) is 4.07. The summed E-state index contributed by atoms with van der Waals surface area (Å²) in [6.45, 7) is 0.567. The van der Waals surface area contributed by atoms with Gasteiger partial charge < -0.3 is 14.4 Å². The zero-order chi connectivity index (χ0) is 15.8. The van der Waals surface area contributed by atoms with E-state index < -0.39 is 0 Å². The second-order valence-corrected chi connectivity index (χ2v) is 5.39. The van der Waals surface area contributed by atoms with Gasteiger partial charge in [-0.15, -0.1) is 0 Å². The Balaban J connectivity index is 1.95. The van der Waals surface area contributed by atoms with Gasteiger partial charge >= 0.3 is 0 Å². The van der Waals surface area contributed by atoms with Crippen LogP contribution in [0.3, 0.4) is 0 Å². The first-order valence-corrected chi connectivity index (χ1v) is 7.53. The highest BCUT2D eigenvalue weighted by Gasteiger charge is 2.15. The molecule has 1 N–H and O–H groups in total. The summed E-state index contributed by atoms with van der Waals surface area (Å²) in [5.74, 6) is 1.66. The Morgan fingerprint density at radius 3 is 2.61 bits per heavy atom. The molecule has 5 nitrogen and oxygen atoms in total. The third-order valence-electron chi connectivity index (χ3n) is 4.07. The van der Waals surface area contributed by atoms with Crippen LogP contribution in [0.2, 0.25) is 0 Å². The number of hydrogen-bond acceptors (Lipinski definition) is 3. The summed E-state index contributed by atoms with van der Waals surface area (Å²) in [6.07, 6.45) is 2.07. The van der Waals surface area contributed by atoms with Crippen molar-refractivity contribution in [3.8, 4) is 17.0 Å². The number of hydrogen-bond donors (Lipinski definition) is 1. The van der Waals surface area contributed by atoms with Gasteiger partial charge in [-0.1, -0.05) is 12.1 Å². The number of para-hydroxylation sites is 2. The van der Waals surface area contributed by atoms with Gasteiger partial charge in [0.25, 0.3) is 0 Å². The maximum atomic E-state index is 9.45. The fraction of sp³-hybridized carbons (Fsp3) is 0.167. The molecule has 23 heavy (non-hydrogen) atoms. The van der Waals surface area contributed by atoms with E-state index in [2.05, 4.69) is 16.7 Å². The number of ether oxygens (including phenoxy) is 1. The van der Waals surface area contributed by atoms with Crippen LogP contribution >= 0.6 is 0 Å². The lowest BCUT2D eigenvalue weighted by Crippen LogP contribution is -2.04. The quantitative estimate of drug-likeness (QED) is 0.630. The van der Waals surface area contributed by atoms with Crippen LogP contribution in [-0.2, 0) is 6.54 Å². The van der Waals surface area contributed by atoms with E-state index in [1.807, 2.05) is 47.0 Å². The van der Waals surface area contributed by atoms with Crippen LogP contribution in [0.25, 0.3) is 28.1 Å². The van der Waals surface area contributed by atoms with Gasteiger partial charge in [-0.25, -0.2) is 4.98 Å². The van der Waals surface area contributed by atoms with Crippen molar-refractivity contribution in [1.82, 2.24) is 14.0 Å². The molecule has 0 saturated carbocycles. The Hall–Kier alpha value is -2.79. The lowest BCUT2D eigenvalue weighted by Gasteiger charge is -2.07. The molecule has 0 fully saturated rings. The first-order chi connectivity index (χ1) is 11.3. The second kappa shape index (κ2) is 5.44. The molecule has 0 saturated heterocycles. The molecular weight excluding hydrogens is 290 g/mol. The molecule has 5 heteroatoms. The fourth-order valence-corrected chi connectivity index (χ4v) is 2.96. The predicted molar refractivity (Wildman–Crippen MR) is 89.8 cm³/mol. The lowest BCUT2D eigenvalue weighted by atomic mass is 10.1. The molecule has 2 heterocycles. The Morgan fingerprint density at radius 1 is 1.09 bits per heavy atom. The number of aliphatic hydroxyl groups excluding tert-OH is 1. The van der Waals surface area contributed by atoms with Crippen LogP contribution in [0.4, 0.5) is 0 Å². The van der Waals surface area contributed by atoms with E-state index in [0.29, 0.717) is 6.54 Å². The number of fused-ring (bicyclic) bond motifs is 3. The monoisotopic (exact) mass is 307 g/mol. The molecular formula is C18H17N3O2. The van der Waals surface area contributed by atoms with Crippen molar-refractivity contribution >= 4 is 16.8 Å². The number of nitrogens with zero attached hydrogens (tertiary/aromatic N) is 3. The molecule has 0 unspecified atom stereocenters. The molecule has 2 aromatic heterocycles. The number of aromatic nitrogens is 3. The van der Waals surface area contributed by atoms with Crippen molar-refractivity contribution in [1.29, 1.82) is 0 Å².